The van der Waals surface area contributed by atoms with E-state index < -0.39 is 35.1 Å². The van der Waals surface area contributed by atoms with Gasteiger partial charge in [-0.1, -0.05) is 24.3 Å². The predicted octanol–water partition coefficient (Wildman–Crippen LogP) is 3.23. The molecule has 0 bridgehead atoms. The molecule has 2 aromatic carbocycles. The Balaban J connectivity index is 1.51. The Morgan fingerprint density at radius 1 is 1.14 bits per heavy atom. The van der Waals surface area contributed by atoms with Gasteiger partial charge >= 0.3 is 6.36 Å². The Labute approximate surface area is 159 Å². The van der Waals surface area contributed by atoms with Crippen LogP contribution in [-0.4, -0.2) is 23.1 Å². The topological polar surface area (TPSA) is 73.9 Å². The van der Waals surface area contributed by atoms with Crippen LogP contribution in [0.2, 0.25) is 0 Å². The van der Waals surface area contributed by atoms with Crippen LogP contribution in [0.15, 0.2) is 48.5 Å². The van der Waals surface area contributed by atoms with Crippen molar-refractivity contribution in [2.75, 3.05) is 6.61 Å². The molecule has 28 heavy (non-hydrogen) atoms. The van der Waals surface area contributed by atoms with Gasteiger partial charge in [-0.25, -0.2) is 4.21 Å². The average molecular weight is 411 g/mol. The quantitative estimate of drug-likeness (QED) is 0.836. The van der Waals surface area contributed by atoms with E-state index in [1.165, 1.54) is 18.2 Å². The molecule has 0 spiro atoms. The first-order valence-corrected chi connectivity index (χ1v) is 9.18. The average Bonchev–Trinajstić information content (AvgIpc) is 3.18. The van der Waals surface area contributed by atoms with E-state index in [-0.39, 0.29) is 12.4 Å². The summed E-state index contributed by atoms with van der Waals surface area (Å²) in [7, 11) is -1.60. The van der Waals surface area contributed by atoms with Crippen LogP contribution in [0.4, 0.5) is 13.2 Å². The summed E-state index contributed by atoms with van der Waals surface area (Å²) < 4.78 is 66.7. The second kappa shape index (κ2) is 6.86. The third-order valence-corrected chi connectivity index (χ3v) is 5.17. The monoisotopic (exact) mass is 411 g/mol. The number of fused-ring (bicyclic) bond motifs is 1. The first-order chi connectivity index (χ1) is 13.3. The molecule has 1 unspecified atom stereocenters. The molecule has 146 valence electrons. The number of hydrogen-bond donors (Lipinski definition) is 1. The lowest BCUT2D eigenvalue weighted by Gasteiger charge is -2.14. The molecular formula is C18H12F3NO5S. The lowest BCUT2D eigenvalue weighted by atomic mass is 10.1. The lowest BCUT2D eigenvalue weighted by molar-refractivity contribution is -0.275. The third kappa shape index (κ3) is 3.68. The molecule has 0 radical (unpaired) electrons. The van der Waals surface area contributed by atoms with Crippen molar-refractivity contribution in [2.45, 2.75) is 12.5 Å². The fraction of sp³-hybridized carbons (Fsp3) is 0.167. The van der Waals surface area contributed by atoms with Gasteiger partial charge in [0.2, 0.25) is 0 Å². The number of rotatable bonds is 4. The van der Waals surface area contributed by atoms with Crippen molar-refractivity contribution in [1.82, 2.24) is 4.72 Å². The van der Waals surface area contributed by atoms with E-state index in [4.69, 9.17) is 9.47 Å². The number of amides is 1. The van der Waals surface area contributed by atoms with E-state index in [2.05, 4.69) is 9.46 Å². The van der Waals surface area contributed by atoms with Crippen LogP contribution < -0.4 is 18.9 Å². The Hall–Kier alpha value is -3.01. The molecule has 0 aliphatic carbocycles. The molecule has 0 saturated heterocycles. The lowest BCUT2D eigenvalue weighted by Crippen LogP contribution is -2.17. The van der Waals surface area contributed by atoms with Crippen LogP contribution in [-0.2, 0) is 15.8 Å². The zero-order valence-electron chi connectivity index (χ0n) is 14.0. The van der Waals surface area contributed by atoms with Crippen molar-refractivity contribution < 1.29 is 36.4 Å². The Kier molecular flexibility index (Phi) is 4.50. The van der Waals surface area contributed by atoms with Crippen molar-refractivity contribution in [1.29, 1.82) is 0 Å². The van der Waals surface area contributed by atoms with Gasteiger partial charge in [0, 0.05) is 11.6 Å². The highest BCUT2D eigenvalue weighted by Gasteiger charge is 2.36. The summed E-state index contributed by atoms with van der Waals surface area (Å²) in [6.45, 7) is 0.0307. The number of benzene rings is 2. The molecule has 1 N–H and O–H groups in total. The summed E-state index contributed by atoms with van der Waals surface area (Å²) in [4.78, 5) is 11.6. The molecule has 2 aromatic rings. The highest BCUT2D eigenvalue weighted by atomic mass is 32.2. The minimum atomic E-state index is -4.82. The van der Waals surface area contributed by atoms with Crippen LogP contribution in [0.5, 0.6) is 17.2 Å². The maximum Gasteiger partial charge on any atom is 0.573 e. The van der Waals surface area contributed by atoms with Crippen LogP contribution in [0, 0.1) is 0 Å². The predicted molar refractivity (Wildman–Crippen MR) is 92.7 cm³/mol. The number of carbonyl (C=O) groups excluding carboxylic acids is 1. The molecule has 1 amide bonds. The molecular weight excluding hydrogens is 399 g/mol. The molecule has 0 aromatic heterocycles. The zero-order valence-corrected chi connectivity index (χ0v) is 14.8. The Bertz CT molecular complexity index is 988. The Morgan fingerprint density at radius 3 is 2.54 bits per heavy atom. The number of ether oxygens (including phenoxy) is 3. The summed E-state index contributed by atoms with van der Waals surface area (Å²) in [5.74, 6) is -0.405. The summed E-state index contributed by atoms with van der Waals surface area (Å²) in [5, 5.41) is 0. The first-order valence-electron chi connectivity index (χ1n) is 8.03. The van der Waals surface area contributed by atoms with E-state index in [9.17, 15) is 22.2 Å². The summed E-state index contributed by atoms with van der Waals surface area (Å²) in [5.41, 5.74) is 1.04. The molecule has 2 heterocycles. The van der Waals surface area contributed by atoms with Gasteiger partial charge in [0.15, 0.2) is 28.6 Å². The van der Waals surface area contributed by atoms with Gasteiger partial charge in [-0.3, -0.25) is 9.52 Å². The standard InChI is InChI=1S/C18H12F3NO5S/c19-18(20,21)27-13-3-1-2-12-14(9-25-17(12)13)26-11-6-4-10(5-7-11)15-8-16(23)22-28(15)24/h1-8,14H,9H2,(H,22,23)/t14-,28?/m1/s1. The fourth-order valence-corrected chi connectivity index (χ4v) is 3.81. The Morgan fingerprint density at radius 2 is 1.89 bits per heavy atom. The van der Waals surface area contributed by atoms with Crippen LogP contribution in [0.3, 0.4) is 0 Å². The van der Waals surface area contributed by atoms with Crippen molar-refractivity contribution in [3.8, 4) is 17.2 Å². The molecule has 10 heteroatoms. The second-order valence-electron chi connectivity index (χ2n) is 5.91. The van der Waals surface area contributed by atoms with E-state index in [0.29, 0.717) is 21.8 Å². The van der Waals surface area contributed by atoms with Crippen molar-refractivity contribution in [3.05, 3.63) is 59.7 Å². The smallest absolute Gasteiger partial charge is 0.485 e. The molecule has 0 fully saturated rings. The number of para-hydroxylation sites is 1. The van der Waals surface area contributed by atoms with E-state index in [1.54, 1.807) is 30.3 Å². The molecule has 2 aliphatic rings. The number of halogens is 3. The zero-order chi connectivity index (χ0) is 19.9. The normalized spacial score (nSPS) is 20.8. The van der Waals surface area contributed by atoms with Gasteiger partial charge in [0.05, 0.1) is 4.91 Å². The number of alkyl halides is 3. The van der Waals surface area contributed by atoms with E-state index in [0.717, 1.165) is 0 Å². The summed E-state index contributed by atoms with van der Waals surface area (Å²) in [6.07, 6.45) is -4.17. The largest absolute Gasteiger partial charge is 0.573 e. The van der Waals surface area contributed by atoms with E-state index >= 15 is 0 Å². The van der Waals surface area contributed by atoms with Crippen molar-refractivity contribution in [2.24, 2.45) is 0 Å². The highest BCUT2D eigenvalue weighted by molar-refractivity contribution is 7.93. The highest BCUT2D eigenvalue weighted by Crippen LogP contribution is 2.43. The minimum Gasteiger partial charge on any atom is -0.485 e. The molecule has 6 nitrogen and oxygen atoms in total. The SMILES string of the molecule is O=C1C=C(c2ccc(O[C@@H]3COc4c(OC(F)(F)F)cccc43)cc2)S(=O)N1. The van der Waals surface area contributed by atoms with Gasteiger partial charge in [-0.05, 0) is 23.8 Å². The maximum absolute atomic E-state index is 12.5. The van der Waals surface area contributed by atoms with Gasteiger partial charge < -0.3 is 14.2 Å². The van der Waals surface area contributed by atoms with Gasteiger partial charge in [-0.2, -0.15) is 0 Å². The van der Waals surface area contributed by atoms with Crippen LogP contribution in [0.1, 0.15) is 17.2 Å². The van der Waals surface area contributed by atoms with E-state index in [1.807, 2.05) is 0 Å². The third-order valence-electron chi connectivity index (χ3n) is 4.03. The van der Waals surface area contributed by atoms with Crippen LogP contribution >= 0.6 is 0 Å². The van der Waals surface area contributed by atoms with Crippen molar-refractivity contribution >= 4 is 21.8 Å². The first kappa shape index (κ1) is 18.4. The number of hydrogen-bond acceptors (Lipinski definition) is 5. The van der Waals surface area contributed by atoms with Crippen LogP contribution in [0.25, 0.3) is 4.91 Å². The van der Waals surface area contributed by atoms with Crippen molar-refractivity contribution in [3.63, 3.8) is 0 Å². The van der Waals surface area contributed by atoms with Gasteiger partial charge in [-0.15, -0.1) is 13.2 Å². The van der Waals surface area contributed by atoms with Gasteiger partial charge in [0.1, 0.15) is 12.4 Å². The number of nitrogens with one attached hydrogen (secondary N) is 1. The fourth-order valence-electron chi connectivity index (χ4n) is 2.89. The molecule has 4 rings (SSSR count). The minimum absolute atomic E-state index is 0.00228. The van der Waals surface area contributed by atoms with Gasteiger partial charge in [0.25, 0.3) is 5.91 Å². The molecule has 0 saturated carbocycles. The summed E-state index contributed by atoms with van der Waals surface area (Å²) in [6, 6.07) is 10.7. The number of carbonyl (C=O) groups is 1. The summed E-state index contributed by atoms with van der Waals surface area (Å²) >= 11 is 0. The second-order valence-corrected chi connectivity index (χ2v) is 7.09. The maximum atomic E-state index is 12.5. The molecule has 2 aliphatic heterocycles. The molecule has 2 atom stereocenters.